The van der Waals surface area contributed by atoms with E-state index in [1.54, 1.807) is 0 Å². The second kappa shape index (κ2) is 3.66. The van der Waals surface area contributed by atoms with Crippen LogP contribution in [-0.2, 0) is 13.0 Å². The van der Waals surface area contributed by atoms with Crippen molar-refractivity contribution in [2.45, 2.75) is 38.8 Å². The van der Waals surface area contributed by atoms with Crippen LogP contribution in [0.15, 0.2) is 0 Å². The zero-order chi connectivity index (χ0) is 11.0. The Morgan fingerprint density at radius 3 is 3.00 bits per heavy atom. The summed E-state index contributed by atoms with van der Waals surface area (Å²) in [6, 6.07) is 0. The largest absolute Gasteiger partial charge is 0.476 e. The Morgan fingerprint density at radius 1 is 1.67 bits per heavy atom. The number of fused-ring (bicyclic) bond motifs is 1. The summed E-state index contributed by atoms with van der Waals surface area (Å²) in [4.78, 5) is 15.0. The lowest BCUT2D eigenvalue weighted by atomic mass is 10.1. The molecule has 1 aromatic rings. The quantitative estimate of drug-likeness (QED) is 0.762. The number of hydrogen-bond donors (Lipinski definition) is 2. The minimum atomic E-state index is -1.06. The van der Waals surface area contributed by atoms with Crippen LogP contribution < -0.4 is 0 Å². The number of carbonyl (C=O) groups is 1. The van der Waals surface area contributed by atoms with Crippen molar-refractivity contribution >= 4 is 5.97 Å². The molecule has 0 saturated carbocycles. The normalized spacial score (nSPS) is 20.0. The molecule has 1 atom stereocenters. The Balaban J connectivity index is 2.58. The summed E-state index contributed by atoms with van der Waals surface area (Å²) in [5.74, 6) is -0.305. The number of hydrogen-bond acceptors (Lipinski definition) is 3. The predicted molar refractivity (Wildman–Crippen MR) is 52.8 cm³/mol. The molecule has 2 heterocycles. The summed E-state index contributed by atoms with van der Waals surface area (Å²) in [5, 5.41) is 18.8. The Labute approximate surface area is 87.4 Å². The first-order valence-corrected chi connectivity index (χ1v) is 5.15. The number of aliphatic hydroxyl groups is 1. The predicted octanol–water partition coefficient (Wildman–Crippen LogP) is 0.971. The summed E-state index contributed by atoms with van der Waals surface area (Å²) in [5.41, 5.74) is 0.490. The third kappa shape index (κ3) is 1.52. The van der Waals surface area contributed by atoms with E-state index >= 15 is 0 Å². The highest BCUT2D eigenvalue weighted by atomic mass is 16.4. The molecule has 0 bridgehead atoms. The molecule has 15 heavy (non-hydrogen) atoms. The topological polar surface area (TPSA) is 75.3 Å². The molecule has 0 aliphatic carbocycles. The van der Waals surface area contributed by atoms with Crippen molar-refractivity contribution in [2.24, 2.45) is 0 Å². The SMILES string of the molecule is CCc1nc(C(=O)O)c2n1CCCC2O. The highest BCUT2D eigenvalue weighted by Crippen LogP contribution is 2.29. The maximum atomic E-state index is 11.0. The van der Waals surface area contributed by atoms with Gasteiger partial charge in [-0.2, -0.15) is 0 Å². The molecule has 1 aliphatic heterocycles. The van der Waals surface area contributed by atoms with E-state index in [1.165, 1.54) is 0 Å². The molecule has 5 nitrogen and oxygen atoms in total. The summed E-state index contributed by atoms with van der Waals surface area (Å²) in [6.45, 7) is 2.69. The van der Waals surface area contributed by atoms with Gasteiger partial charge in [0.25, 0.3) is 0 Å². The van der Waals surface area contributed by atoms with E-state index in [4.69, 9.17) is 5.11 Å². The number of imidazole rings is 1. The van der Waals surface area contributed by atoms with Crippen LogP contribution in [0.5, 0.6) is 0 Å². The fourth-order valence-corrected chi connectivity index (χ4v) is 2.11. The Morgan fingerprint density at radius 2 is 2.40 bits per heavy atom. The lowest BCUT2D eigenvalue weighted by molar-refractivity contribution is 0.0677. The highest BCUT2D eigenvalue weighted by molar-refractivity contribution is 5.87. The average Bonchev–Trinajstić information content (AvgIpc) is 2.58. The summed E-state index contributed by atoms with van der Waals surface area (Å²) < 4.78 is 1.84. The second-order valence-electron chi connectivity index (χ2n) is 3.73. The van der Waals surface area contributed by atoms with Gasteiger partial charge in [-0.1, -0.05) is 6.92 Å². The molecule has 0 saturated heterocycles. The van der Waals surface area contributed by atoms with Crippen molar-refractivity contribution in [3.8, 4) is 0 Å². The summed E-state index contributed by atoms with van der Waals surface area (Å²) >= 11 is 0. The lowest BCUT2D eigenvalue weighted by Gasteiger charge is -2.21. The van der Waals surface area contributed by atoms with Gasteiger partial charge in [0.05, 0.1) is 11.8 Å². The average molecular weight is 210 g/mol. The van der Waals surface area contributed by atoms with Gasteiger partial charge in [-0.25, -0.2) is 9.78 Å². The van der Waals surface area contributed by atoms with Crippen LogP contribution in [0.3, 0.4) is 0 Å². The first-order chi connectivity index (χ1) is 7.15. The van der Waals surface area contributed by atoms with E-state index in [-0.39, 0.29) is 5.69 Å². The zero-order valence-electron chi connectivity index (χ0n) is 8.60. The first-order valence-electron chi connectivity index (χ1n) is 5.15. The summed E-state index contributed by atoms with van der Waals surface area (Å²) in [6.07, 6.45) is 1.50. The van der Waals surface area contributed by atoms with Crippen LogP contribution in [0.1, 0.15) is 47.9 Å². The maximum absolute atomic E-state index is 11.0. The number of aromatic nitrogens is 2. The molecule has 0 amide bonds. The molecule has 0 aromatic carbocycles. The smallest absolute Gasteiger partial charge is 0.356 e. The Hall–Kier alpha value is -1.36. The highest BCUT2D eigenvalue weighted by Gasteiger charge is 2.28. The van der Waals surface area contributed by atoms with Crippen LogP contribution in [0.25, 0.3) is 0 Å². The van der Waals surface area contributed by atoms with Gasteiger partial charge in [0.2, 0.25) is 0 Å². The van der Waals surface area contributed by atoms with E-state index in [0.717, 1.165) is 18.8 Å². The molecule has 0 spiro atoms. The molecule has 1 unspecified atom stereocenters. The number of aromatic carboxylic acids is 1. The Bertz CT molecular complexity index is 398. The van der Waals surface area contributed by atoms with Crippen LogP contribution in [0, 0.1) is 0 Å². The van der Waals surface area contributed by atoms with E-state index in [0.29, 0.717) is 18.5 Å². The standard InChI is InChI=1S/C10H14N2O3/c1-2-7-11-8(10(14)15)9-6(13)4-3-5-12(7)9/h6,13H,2-5H2,1H3,(H,14,15). The van der Waals surface area contributed by atoms with Gasteiger partial charge in [0, 0.05) is 13.0 Å². The van der Waals surface area contributed by atoms with E-state index in [1.807, 2.05) is 11.5 Å². The molecule has 2 N–H and O–H groups in total. The third-order valence-electron chi connectivity index (χ3n) is 2.78. The van der Waals surface area contributed by atoms with Crippen molar-refractivity contribution in [1.82, 2.24) is 9.55 Å². The number of nitrogens with zero attached hydrogens (tertiary/aromatic N) is 2. The van der Waals surface area contributed by atoms with Crippen molar-refractivity contribution in [3.63, 3.8) is 0 Å². The molecule has 1 aromatic heterocycles. The molecule has 5 heteroatoms. The van der Waals surface area contributed by atoms with Crippen molar-refractivity contribution < 1.29 is 15.0 Å². The summed E-state index contributed by atoms with van der Waals surface area (Å²) in [7, 11) is 0. The van der Waals surface area contributed by atoms with Crippen LogP contribution >= 0.6 is 0 Å². The van der Waals surface area contributed by atoms with E-state index < -0.39 is 12.1 Å². The molecule has 2 rings (SSSR count). The molecule has 1 aliphatic rings. The van der Waals surface area contributed by atoms with Crippen LogP contribution in [0.4, 0.5) is 0 Å². The monoisotopic (exact) mass is 210 g/mol. The fourth-order valence-electron chi connectivity index (χ4n) is 2.11. The van der Waals surface area contributed by atoms with Gasteiger partial charge in [-0.15, -0.1) is 0 Å². The van der Waals surface area contributed by atoms with Crippen LogP contribution in [0.2, 0.25) is 0 Å². The van der Waals surface area contributed by atoms with Crippen LogP contribution in [-0.4, -0.2) is 25.7 Å². The molecular formula is C10H14N2O3. The van der Waals surface area contributed by atoms with E-state index in [2.05, 4.69) is 4.98 Å². The van der Waals surface area contributed by atoms with Gasteiger partial charge < -0.3 is 14.8 Å². The molecule has 0 radical (unpaired) electrons. The van der Waals surface area contributed by atoms with Crippen molar-refractivity contribution in [2.75, 3.05) is 0 Å². The van der Waals surface area contributed by atoms with Gasteiger partial charge >= 0.3 is 5.97 Å². The molecule has 0 fully saturated rings. The van der Waals surface area contributed by atoms with Gasteiger partial charge in [0.1, 0.15) is 5.82 Å². The third-order valence-corrected chi connectivity index (χ3v) is 2.78. The maximum Gasteiger partial charge on any atom is 0.356 e. The second-order valence-corrected chi connectivity index (χ2v) is 3.73. The number of rotatable bonds is 2. The molecular weight excluding hydrogens is 196 g/mol. The fraction of sp³-hybridized carbons (Fsp3) is 0.600. The number of carboxylic acid groups (broad SMARTS) is 1. The Kier molecular flexibility index (Phi) is 2.48. The van der Waals surface area contributed by atoms with Crippen molar-refractivity contribution in [3.05, 3.63) is 17.2 Å². The van der Waals surface area contributed by atoms with Gasteiger partial charge in [-0.3, -0.25) is 0 Å². The first kappa shape index (κ1) is 10.2. The minimum Gasteiger partial charge on any atom is -0.476 e. The number of aryl methyl sites for hydroxylation is 1. The number of carboxylic acids is 1. The van der Waals surface area contributed by atoms with E-state index in [9.17, 15) is 9.90 Å². The van der Waals surface area contributed by atoms with Crippen molar-refractivity contribution in [1.29, 1.82) is 0 Å². The molecule has 82 valence electrons. The minimum absolute atomic E-state index is 0.0130. The van der Waals surface area contributed by atoms with Gasteiger partial charge in [-0.05, 0) is 12.8 Å². The zero-order valence-corrected chi connectivity index (χ0v) is 8.60. The number of aliphatic hydroxyl groups excluding tert-OH is 1. The van der Waals surface area contributed by atoms with Gasteiger partial charge in [0.15, 0.2) is 5.69 Å². The lowest BCUT2D eigenvalue weighted by Crippen LogP contribution is -2.18.